The minimum Gasteiger partial charge on any atom is -0.481 e. The van der Waals surface area contributed by atoms with Crippen LogP contribution in [0.25, 0.3) is 0 Å². The van der Waals surface area contributed by atoms with Crippen molar-refractivity contribution in [3.05, 3.63) is 35.9 Å². The van der Waals surface area contributed by atoms with Gasteiger partial charge in [0.05, 0.1) is 5.92 Å². The van der Waals surface area contributed by atoms with Gasteiger partial charge in [0.2, 0.25) is 0 Å². The lowest BCUT2D eigenvalue weighted by Crippen LogP contribution is -2.40. The number of carbonyl (C=O) groups is 2. The number of carbonyl (C=O) groups excluding carboxylic acids is 1. The molecule has 1 aliphatic rings. The smallest absolute Gasteiger partial charge is 0.471 e. The van der Waals surface area contributed by atoms with Gasteiger partial charge in [0.1, 0.15) is 0 Å². The number of nitrogens with zero attached hydrogens (tertiary/aromatic N) is 1. The van der Waals surface area contributed by atoms with E-state index in [2.05, 4.69) is 0 Å². The molecule has 0 spiro atoms. The number of halogens is 3. The third-order valence-corrected chi connectivity index (χ3v) is 3.39. The largest absolute Gasteiger partial charge is 0.481 e. The molecule has 0 saturated carbocycles. The van der Waals surface area contributed by atoms with Crippen molar-refractivity contribution in [3.63, 3.8) is 0 Å². The van der Waals surface area contributed by atoms with E-state index in [0.29, 0.717) is 10.5 Å². The summed E-state index contributed by atoms with van der Waals surface area (Å²) in [6.07, 6.45) is -4.98. The van der Waals surface area contributed by atoms with Gasteiger partial charge < -0.3 is 10.0 Å². The van der Waals surface area contributed by atoms with Crippen LogP contribution in [0.1, 0.15) is 11.5 Å². The number of carboxylic acid groups (broad SMARTS) is 1. The van der Waals surface area contributed by atoms with Crippen molar-refractivity contribution in [2.45, 2.75) is 12.1 Å². The minimum atomic E-state index is -4.98. The molecule has 1 fully saturated rings. The van der Waals surface area contributed by atoms with Crippen LogP contribution < -0.4 is 0 Å². The molecule has 2 atom stereocenters. The molecule has 1 saturated heterocycles. The summed E-state index contributed by atoms with van der Waals surface area (Å²) in [7, 11) is 0. The van der Waals surface area contributed by atoms with Crippen LogP contribution in [0.5, 0.6) is 0 Å². The van der Waals surface area contributed by atoms with E-state index in [1.807, 2.05) is 0 Å². The van der Waals surface area contributed by atoms with E-state index in [1.165, 1.54) is 0 Å². The minimum absolute atomic E-state index is 0.237. The molecular weight excluding hydrogens is 275 g/mol. The fraction of sp³-hybridized carbons (Fsp3) is 0.385. The summed E-state index contributed by atoms with van der Waals surface area (Å²) in [6, 6.07) is 8.40. The number of hydrogen-bond donors (Lipinski definition) is 1. The maximum Gasteiger partial charge on any atom is 0.471 e. The van der Waals surface area contributed by atoms with Gasteiger partial charge in [-0.2, -0.15) is 13.2 Å². The molecule has 1 heterocycles. The first kappa shape index (κ1) is 14.4. The van der Waals surface area contributed by atoms with Crippen LogP contribution in [0.4, 0.5) is 13.2 Å². The average molecular weight is 287 g/mol. The van der Waals surface area contributed by atoms with Crippen LogP contribution in [0.3, 0.4) is 0 Å². The van der Waals surface area contributed by atoms with Gasteiger partial charge in [-0.1, -0.05) is 30.3 Å². The topological polar surface area (TPSA) is 57.6 Å². The number of benzene rings is 1. The molecule has 1 aliphatic heterocycles. The highest BCUT2D eigenvalue weighted by Gasteiger charge is 2.48. The highest BCUT2D eigenvalue weighted by molar-refractivity contribution is 5.83. The lowest BCUT2D eigenvalue weighted by atomic mass is 9.89. The maximum absolute atomic E-state index is 12.4. The summed E-state index contributed by atoms with van der Waals surface area (Å²) in [5, 5.41) is 9.13. The molecule has 1 aromatic carbocycles. The van der Waals surface area contributed by atoms with Gasteiger partial charge in [-0.15, -0.1) is 0 Å². The maximum atomic E-state index is 12.4. The zero-order chi connectivity index (χ0) is 14.9. The molecule has 1 amide bonds. The molecule has 0 bridgehead atoms. The Balaban J connectivity index is 2.25. The zero-order valence-electron chi connectivity index (χ0n) is 10.3. The first-order valence-corrected chi connectivity index (χ1v) is 5.94. The van der Waals surface area contributed by atoms with Gasteiger partial charge >= 0.3 is 18.1 Å². The molecule has 1 aromatic rings. The molecule has 0 aliphatic carbocycles. The Morgan fingerprint density at radius 3 is 2.25 bits per heavy atom. The fourth-order valence-electron chi connectivity index (χ4n) is 2.44. The van der Waals surface area contributed by atoms with Gasteiger partial charge in [0.25, 0.3) is 0 Å². The second kappa shape index (κ2) is 5.15. The monoisotopic (exact) mass is 287 g/mol. The molecule has 0 aromatic heterocycles. The van der Waals surface area contributed by atoms with Crippen molar-refractivity contribution in [3.8, 4) is 0 Å². The van der Waals surface area contributed by atoms with E-state index in [0.717, 1.165) is 0 Å². The van der Waals surface area contributed by atoms with Crippen LogP contribution in [0.2, 0.25) is 0 Å². The summed E-state index contributed by atoms with van der Waals surface area (Å²) >= 11 is 0. The van der Waals surface area contributed by atoms with E-state index in [1.54, 1.807) is 30.3 Å². The molecule has 2 rings (SSSR count). The Morgan fingerprint density at radius 2 is 1.75 bits per heavy atom. The fourth-order valence-corrected chi connectivity index (χ4v) is 2.44. The Morgan fingerprint density at radius 1 is 1.15 bits per heavy atom. The van der Waals surface area contributed by atoms with Crippen molar-refractivity contribution < 1.29 is 27.9 Å². The van der Waals surface area contributed by atoms with Crippen LogP contribution >= 0.6 is 0 Å². The number of amides is 1. The van der Waals surface area contributed by atoms with Gasteiger partial charge in [-0.05, 0) is 5.56 Å². The van der Waals surface area contributed by atoms with E-state index < -0.39 is 36.4 Å². The van der Waals surface area contributed by atoms with Crippen molar-refractivity contribution in [1.29, 1.82) is 0 Å². The first-order valence-electron chi connectivity index (χ1n) is 5.94. The second-order valence-electron chi connectivity index (χ2n) is 4.67. The summed E-state index contributed by atoms with van der Waals surface area (Å²) in [6.45, 7) is -0.660. The molecule has 4 nitrogen and oxygen atoms in total. The highest BCUT2D eigenvalue weighted by atomic mass is 19.4. The number of likely N-dealkylation sites (tertiary alicyclic amines) is 1. The molecule has 1 N–H and O–H groups in total. The van der Waals surface area contributed by atoms with Crippen LogP contribution in [0.15, 0.2) is 30.3 Å². The standard InChI is InChI=1S/C13H12F3NO3/c14-13(15,16)12(20)17-6-9(10(7-17)11(18)19)8-4-2-1-3-5-8/h1-5,9-10H,6-7H2,(H,18,19)/t9-,10+/m0/s1. The number of aliphatic carboxylic acids is 1. The number of carboxylic acids is 1. The van der Waals surface area contributed by atoms with Crippen molar-refractivity contribution in [2.75, 3.05) is 13.1 Å². The predicted molar refractivity (Wildman–Crippen MR) is 62.9 cm³/mol. The Kier molecular flexibility index (Phi) is 3.69. The second-order valence-corrected chi connectivity index (χ2v) is 4.67. The lowest BCUT2D eigenvalue weighted by Gasteiger charge is -2.17. The Hall–Kier alpha value is -2.05. The van der Waals surface area contributed by atoms with Gasteiger partial charge in [0, 0.05) is 19.0 Å². The highest BCUT2D eigenvalue weighted by Crippen LogP contribution is 2.34. The van der Waals surface area contributed by atoms with Gasteiger partial charge in [-0.25, -0.2) is 0 Å². The molecule has 0 unspecified atom stereocenters. The van der Waals surface area contributed by atoms with Crippen LogP contribution in [0, 0.1) is 5.92 Å². The number of rotatable bonds is 2. The summed E-state index contributed by atoms with van der Waals surface area (Å²) in [5.41, 5.74) is 0.623. The van der Waals surface area contributed by atoms with Crippen LogP contribution in [-0.2, 0) is 9.59 Å². The Labute approximate surface area is 112 Å². The molecule has 0 radical (unpaired) electrons. The molecule has 7 heteroatoms. The van der Waals surface area contributed by atoms with E-state index in [9.17, 15) is 22.8 Å². The zero-order valence-corrected chi connectivity index (χ0v) is 10.3. The van der Waals surface area contributed by atoms with Gasteiger partial charge in [0.15, 0.2) is 0 Å². The quantitative estimate of drug-likeness (QED) is 0.903. The predicted octanol–water partition coefficient (Wildman–Crippen LogP) is 1.88. The Bertz CT molecular complexity index is 515. The number of hydrogen-bond acceptors (Lipinski definition) is 2. The van der Waals surface area contributed by atoms with Crippen LogP contribution in [-0.4, -0.2) is 41.1 Å². The molecular formula is C13H12F3NO3. The summed E-state index contributed by atoms with van der Waals surface area (Å²) < 4.78 is 37.3. The van der Waals surface area contributed by atoms with E-state index in [4.69, 9.17) is 5.11 Å². The van der Waals surface area contributed by atoms with Crippen molar-refractivity contribution >= 4 is 11.9 Å². The summed E-state index contributed by atoms with van der Waals surface area (Å²) in [4.78, 5) is 23.0. The molecule has 20 heavy (non-hydrogen) atoms. The van der Waals surface area contributed by atoms with Crippen molar-refractivity contribution in [1.82, 2.24) is 4.90 Å². The average Bonchev–Trinajstić information content (AvgIpc) is 2.82. The molecule has 108 valence electrons. The first-order chi connectivity index (χ1) is 9.30. The van der Waals surface area contributed by atoms with E-state index >= 15 is 0 Å². The third-order valence-electron chi connectivity index (χ3n) is 3.39. The van der Waals surface area contributed by atoms with Crippen molar-refractivity contribution in [2.24, 2.45) is 5.92 Å². The van der Waals surface area contributed by atoms with E-state index in [-0.39, 0.29) is 6.54 Å². The third kappa shape index (κ3) is 2.76. The SMILES string of the molecule is O=C(O)[C@@H]1CN(C(=O)C(F)(F)F)C[C@H]1c1ccccc1. The normalized spacial score (nSPS) is 22.9. The summed E-state index contributed by atoms with van der Waals surface area (Å²) in [5.74, 6) is -4.83. The number of alkyl halides is 3. The van der Waals surface area contributed by atoms with Gasteiger partial charge in [-0.3, -0.25) is 9.59 Å². The lowest BCUT2D eigenvalue weighted by molar-refractivity contribution is -0.184.